The smallest absolute Gasteiger partial charge is 0.123 e. The van der Waals surface area contributed by atoms with Gasteiger partial charge >= 0.3 is 0 Å². The van der Waals surface area contributed by atoms with E-state index < -0.39 is 0 Å². The summed E-state index contributed by atoms with van der Waals surface area (Å²) < 4.78 is 26.6. The summed E-state index contributed by atoms with van der Waals surface area (Å²) >= 11 is 0. The molecule has 188 valence electrons. The summed E-state index contributed by atoms with van der Waals surface area (Å²) in [6.45, 7) is 3.96. The van der Waals surface area contributed by atoms with Crippen LogP contribution in [0.2, 0.25) is 0 Å². The van der Waals surface area contributed by atoms with Crippen LogP contribution in [0.3, 0.4) is 0 Å². The van der Waals surface area contributed by atoms with Crippen molar-refractivity contribution >= 4 is 11.0 Å². The number of benzene rings is 3. The molecule has 0 amide bonds. The summed E-state index contributed by atoms with van der Waals surface area (Å²) in [5.74, 6) is 3.22. The summed E-state index contributed by atoms with van der Waals surface area (Å²) in [5.41, 5.74) is 4.42. The number of hydrogen-bond donors (Lipinski definition) is 0. The monoisotopic (exact) mass is 487 g/mol. The Labute approximate surface area is 212 Å². The minimum Gasteiger partial charge on any atom is -0.497 e. The van der Waals surface area contributed by atoms with E-state index in [1.165, 1.54) is 30.5 Å². The van der Waals surface area contributed by atoms with Gasteiger partial charge in [-0.05, 0) is 85.8 Å². The molecule has 1 fully saturated rings. The van der Waals surface area contributed by atoms with Crippen molar-refractivity contribution in [3.8, 4) is 11.5 Å². The number of piperidine rings is 1. The molecule has 0 unspecified atom stereocenters. The van der Waals surface area contributed by atoms with E-state index in [1.54, 1.807) is 14.2 Å². The Hall–Kier alpha value is -3.38. The van der Waals surface area contributed by atoms with Gasteiger partial charge in [0.05, 0.1) is 25.3 Å². The van der Waals surface area contributed by atoms with Crippen LogP contribution in [0.5, 0.6) is 11.5 Å². The fourth-order valence-electron chi connectivity index (χ4n) is 5.17. The first-order valence-electron chi connectivity index (χ1n) is 12.7. The zero-order valence-corrected chi connectivity index (χ0v) is 21.1. The van der Waals surface area contributed by atoms with Crippen LogP contribution >= 0.6 is 0 Å². The van der Waals surface area contributed by atoms with Gasteiger partial charge in [0, 0.05) is 25.6 Å². The summed E-state index contributed by atoms with van der Waals surface area (Å²) in [6.07, 6.45) is 4.32. The van der Waals surface area contributed by atoms with E-state index in [2.05, 4.69) is 33.7 Å². The van der Waals surface area contributed by atoms with Crippen LogP contribution in [0.15, 0.2) is 66.7 Å². The van der Waals surface area contributed by atoms with Crippen LogP contribution in [-0.2, 0) is 19.4 Å². The van der Waals surface area contributed by atoms with Gasteiger partial charge in [0.2, 0.25) is 0 Å². The van der Waals surface area contributed by atoms with Crippen molar-refractivity contribution in [3.05, 3.63) is 89.5 Å². The maximum absolute atomic E-state index is 13.5. The van der Waals surface area contributed by atoms with Crippen LogP contribution in [0.25, 0.3) is 11.0 Å². The maximum atomic E-state index is 13.5. The normalized spacial score (nSPS) is 14.9. The van der Waals surface area contributed by atoms with Crippen molar-refractivity contribution in [2.45, 2.75) is 32.2 Å². The molecule has 1 saturated heterocycles. The molecule has 6 heteroatoms. The van der Waals surface area contributed by atoms with Crippen molar-refractivity contribution in [2.24, 2.45) is 5.92 Å². The van der Waals surface area contributed by atoms with E-state index in [1.807, 2.05) is 30.3 Å². The zero-order valence-electron chi connectivity index (χ0n) is 21.1. The Morgan fingerprint density at radius 2 is 1.64 bits per heavy atom. The third kappa shape index (κ3) is 5.71. The molecule has 0 aliphatic carbocycles. The highest BCUT2D eigenvalue weighted by Crippen LogP contribution is 2.27. The van der Waals surface area contributed by atoms with E-state index in [-0.39, 0.29) is 5.82 Å². The first-order valence-corrected chi connectivity index (χ1v) is 12.7. The highest BCUT2D eigenvalue weighted by molar-refractivity contribution is 5.78. The minimum absolute atomic E-state index is 0.214. The minimum atomic E-state index is -0.214. The van der Waals surface area contributed by atoms with Gasteiger partial charge in [-0.2, -0.15) is 0 Å². The molecule has 0 N–H and O–H groups in total. The molecule has 5 rings (SSSR count). The molecule has 2 heterocycles. The molecule has 0 bridgehead atoms. The van der Waals surface area contributed by atoms with Gasteiger partial charge in [-0.1, -0.05) is 24.3 Å². The highest BCUT2D eigenvalue weighted by Gasteiger charge is 2.22. The molecule has 0 spiro atoms. The number of fused-ring (bicyclic) bond motifs is 1. The number of rotatable bonds is 9. The Bertz CT molecular complexity index is 1290. The Morgan fingerprint density at radius 3 is 2.39 bits per heavy atom. The Balaban J connectivity index is 1.26. The Kier molecular flexibility index (Phi) is 7.52. The number of hydrogen-bond acceptors (Lipinski definition) is 4. The molecule has 1 aromatic heterocycles. The summed E-state index contributed by atoms with van der Waals surface area (Å²) in [6, 6.07) is 21.2. The van der Waals surface area contributed by atoms with Crippen molar-refractivity contribution in [1.82, 2.24) is 14.5 Å². The van der Waals surface area contributed by atoms with E-state index >= 15 is 0 Å². The van der Waals surface area contributed by atoms with Crippen LogP contribution in [0.4, 0.5) is 4.39 Å². The highest BCUT2D eigenvalue weighted by atomic mass is 19.1. The lowest BCUT2D eigenvalue weighted by atomic mass is 9.93. The quantitative estimate of drug-likeness (QED) is 0.302. The van der Waals surface area contributed by atoms with Crippen LogP contribution in [-0.4, -0.2) is 48.3 Å². The second-order valence-electron chi connectivity index (χ2n) is 9.69. The number of halogens is 1. The molecule has 1 aliphatic heterocycles. The van der Waals surface area contributed by atoms with E-state index in [9.17, 15) is 4.39 Å². The van der Waals surface area contributed by atoms with E-state index in [0.29, 0.717) is 12.5 Å². The molecule has 0 radical (unpaired) electrons. The van der Waals surface area contributed by atoms with Gasteiger partial charge < -0.3 is 18.9 Å². The maximum Gasteiger partial charge on any atom is 0.123 e. The summed E-state index contributed by atoms with van der Waals surface area (Å²) in [7, 11) is 3.40. The lowest BCUT2D eigenvalue weighted by Crippen LogP contribution is -2.36. The average Bonchev–Trinajstić information content (AvgIpc) is 3.25. The molecular formula is C30H34FN3O2. The number of methoxy groups -OCH3 is 2. The Morgan fingerprint density at radius 1 is 0.889 bits per heavy atom. The standard InChI is InChI=1S/C30H34FN3O2/c1-35-26-5-3-4-22(18-26)12-15-33-16-13-23(14-17-33)19-30-32-28-11-10-27(36-2)20-29(28)34(30)21-24-6-8-25(31)9-7-24/h3-11,18,20,23H,12-17,19,21H2,1-2H3. The van der Waals surface area contributed by atoms with E-state index in [0.717, 1.165) is 66.4 Å². The first-order chi connectivity index (χ1) is 17.6. The lowest BCUT2D eigenvalue weighted by Gasteiger charge is -2.32. The molecule has 3 aromatic carbocycles. The summed E-state index contributed by atoms with van der Waals surface area (Å²) in [4.78, 5) is 7.59. The van der Waals surface area contributed by atoms with E-state index in [4.69, 9.17) is 14.5 Å². The van der Waals surface area contributed by atoms with Crippen molar-refractivity contribution in [3.63, 3.8) is 0 Å². The van der Waals surface area contributed by atoms with Crippen LogP contribution in [0, 0.1) is 11.7 Å². The second kappa shape index (κ2) is 11.1. The van der Waals surface area contributed by atoms with Gasteiger partial charge in [-0.15, -0.1) is 0 Å². The van der Waals surface area contributed by atoms with Crippen LogP contribution in [0.1, 0.15) is 29.8 Å². The van der Waals surface area contributed by atoms with Crippen molar-refractivity contribution in [1.29, 1.82) is 0 Å². The van der Waals surface area contributed by atoms with Gasteiger partial charge in [0.1, 0.15) is 23.1 Å². The molecule has 0 saturated carbocycles. The zero-order chi connectivity index (χ0) is 24.9. The lowest BCUT2D eigenvalue weighted by molar-refractivity contribution is 0.184. The predicted octanol–water partition coefficient (Wildman–Crippen LogP) is 5.74. The van der Waals surface area contributed by atoms with Crippen molar-refractivity contribution in [2.75, 3.05) is 33.9 Å². The summed E-state index contributed by atoms with van der Waals surface area (Å²) in [5, 5.41) is 0. The number of imidazole rings is 1. The average molecular weight is 488 g/mol. The van der Waals surface area contributed by atoms with Gasteiger partial charge in [0.25, 0.3) is 0 Å². The second-order valence-corrected chi connectivity index (χ2v) is 9.69. The molecule has 4 aromatic rings. The predicted molar refractivity (Wildman–Crippen MR) is 141 cm³/mol. The fourth-order valence-corrected chi connectivity index (χ4v) is 5.17. The third-order valence-corrected chi connectivity index (χ3v) is 7.32. The number of nitrogens with zero attached hydrogens (tertiary/aromatic N) is 3. The topological polar surface area (TPSA) is 39.5 Å². The molecular weight excluding hydrogens is 453 g/mol. The van der Waals surface area contributed by atoms with Crippen molar-refractivity contribution < 1.29 is 13.9 Å². The third-order valence-electron chi connectivity index (χ3n) is 7.32. The molecule has 0 atom stereocenters. The van der Waals surface area contributed by atoms with Crippen LogP contribution < -0.4 is 9.47 Å². The number of ether oxygens (including phenoxy) is 2. The number of likely N-dealkylation sites (tertiary alicyclic amines) is 1. The van der Waals surface area contributed by atoms with Gasteiger partial charge in [-0.25, -0.2) is 9.37 Å². The fraction of sp³-hybridized carbons (Fsp3) is 0.367. The van der Waals surface area contributed by atoms with Gasteiger partial charge in [-0.3, -0.25) is 0 Å². The van der Waals surface area contributed by atoms with Gasteiger partial charge in [0.15, 0.2) is 0 Å². The first kappa shape index (κ1) is 24.3. The molecule has 1 aliphatic rings. The largest absolute Gasteiger partial charge is 0.497 e. The SMILES string of the molecule is COc1cccc(CCN2CCC(Cc3nc4ccc(OC)cc4n3Cc3ccc(F)cc3)CC2)c1. The molecule has 36 heavy (non-hydrogen) atoms. The molecule has 5 nitrogen and oxygen atoms in total. The number of aromatic nitrogens is 2.